The van der Waals surface area contributed by atoms with Crippen LogP contribution in [0.25, 0.3) is 0 Å². The quantitative estimate of drug-likeness (QED) is 0.194. The molecular weight excluding hydrogens is 1260 g/mol. The second-order valence-electron chi connectivity index (χ2n) is 41.5. The van der Waals surface area contributed by atoms with E-state index in [0.29, 0.717) is 0 Å². The third kappa shape index (κ3) is 22.5. The van der Waals surface area contributed by atoms with Crippen molar-refractivity contribution < 1.29 is 4.48 Å². The number of nitrogens with one attached hydrogen (secondary N) is 3. The van der Waals surface area contributed by atoms with Crippen LogP contribution in [-0.2, 0) is 0 Å². The fourth-order valence-corrected chi connectivity index (χ4v) is 26.4. The molecule has 20 bridgehead atoms. The van der Waals surface area contributed by atoms with Gasteiger partial charge in [-0.1, -0.05) is 32.1 Å². The van der Waals surface area contributed by atoms with Crippen molar-refractivity contribution in [1.29, 1.82) is 0 Å². The molecule has 22 fully saturated rings. The molecule has 14 unspecified atom stereocenters. The van der Waals surface area contributed by atoms with Crippen LogP contribution in [0.4, 0.5) is 0 Å². The Hall–Kier alpha value is -0.480. The smallest absolute Gasteiger partial charge is 0.0833 e. The van der Waals surface area contributed by atoms with E-state index in [2.05, 4.69) is 180 Å². The number of likely N-dealkylation sites (tertiary alicyclic amines) is 3. The van der Waals surface area contributed by atoms with Crippen LogP contribution in [0.5, 0.6) is 0 Å². The first-order chi connectivity index (χ1) is 49.4. The summed E-state index contributed by atoms with van der Waals surface area (Å²) in [5.41, 5.74) is 0. The van der Waals surface area contributed by atoms with Crippen LogP contribution in [0.1, 0.15) is 330 Å². The molecule has 22 rings (SSSR count). The van der Waals surface area contributed by atoms with Crippen LogP contribution in [0.15, 0.2) is 0 Å². The molecule has 14 atom stereocenters. The molecule has 18 saturated heterocycles. The summed E-state index contributed by atoms with van der Waals surface area (Å²) >= 11 is 0. The summed E-state index contributed by atoms with van der Waals surface area (Å²) in [7, 11) is 0. The van der Waals surface area contributed by atoms with Gasteiger partial charge in [-0.25, -0.2) is 0 Å². The van der Waals surface area contributed by atoms with E-state index in [4.69, 9.17) is 0 Å². The molecular formula is C91H175N12+. The van der Waals surface area contributed by atoms with Gasteiger partial charge in [-0.05, 0) is 322 Å². The minimum absolute atomic E-state index is 0.736. The average Bonchev–Trinajstić information content (AvgIpc) is 1.67. The number of nitrogens with zero attached hydrogens (tertiary/aromatic N) is 9. The number of hydrogen-bond acceptors (Lipinski definition) is 11. The van der Waals surface area contributed by atoms with Gasteiger partial charge in [0.2, 0.25) is 0 Å². The van der Waals surface area contributed by atoms with E-state index in [1.807, 2.05) is 0 Å². The Morgan fingerprint density at radius 3 is 1.03 bits per heavy atom. The number of piperidine rings is 5. The molecule has 0 aromatic carbocycles. The average molecular weight is 1440 g/mol. The van der Waals surface area contributed by atoms with Gasteiger partial charge >= 0.3 is 0 Å². The molecule has 0 aromatic rings. The molecule has 103 heavy (non-hydrogen) atoms. The molecule has 0 amide bonds. The lowest BCUT2D eigenvalue weighted by Gasteiger charge is -2.59. The van der Waals surface area contributed by atoms with Gasteiger partial charge in [0, 0.05) is 204 Å². The first-order valence-corrected chi connectivity index (χ1v) is 46.5. The normalized spacial score (nSPS) is 40.0. The third-order valence-electron chi connectivity index (χ3n) is 31.4. The molecule has 598 valence electrons. The number of fused-ring (bicyclic) bond motifs is 20. The van der Waals surface area contributed by atoms with E-state index in [9.17, 15) is 0 Å². The second-order valence-corrected chi connectivity index (χ2v) is 41.5. The summed E-state index contributed by atoms with van der Waals surface area (Å²) in [6.45, 7) is 59.7. The zero-order valence-corrected chi connectivity index (χ0v) is 71.5. The van der Waals surface area contributed by atoms with Crippen molar-refractivity contribution in [3.63, 3.8) is 0 Å². The van der Waals surface area contributed by atoms with Crippen LogP contribution in [0.3, 0.4) is 0 Å². The Kier molecular flexibility index (Phi) is 31.9. The summed E-state index contributed by atoms with van der Waals surface area (Å²) < 4.78 is 1.49. The topological polar surface area (TPSA) is 62.0 Å². The van der Waals surface area contributed by atoms with Gasteiger partial charge in [0.05, 0.1) is 25.7 Å². The summed E-state index contributed by atoms with van der Waals surface area (Å²) in [5, 5.41) is 10.6. The second kappa shape index (κ2) is 39.3. The van der Waals surface area contributed by atoms with Crippen LogP contribution in [0.2, 0.25) is 0 Å². The fraction of sp³-hybridized carbons (Fsp3) is 1.00. The van der Waals surface area contributed by atoms with Crippen molar-refractivity contribution in [2.45, 2.75) is 457 Å². The maximum absolute atomic E-state index is 3.63. The van der Waals surface area contributed by atoms with Crippen LogP contribution < -0.4 is 16.0 Å². The van der Waals surface area contributed by atoms with Crippen molar-refractivity contribution in [2.75, 3.05) is 85.1 Å². The molecule has 18 heterocycles. The molecule has 12 nitrogen and oxygen atoms in total. The van der Waals surface area contributed by atoms with E-state index >= 15 is 0 Å². The van der Waals surface area contributed by atoms with Gasteiger partial charge in [-0.3, -0.25) is 34.3 Å². The summed E-state index contributed by atoms with van der Waals surface area (Å²) in [6, 6.07) is 17.6. The van der Waals surface area contributed by atoms with Gasteiger partial charge in [-0.2, -0.15) is 0 Å². The molecule has 4 saturated carbocycles. The standard InChI is InChI=1S/C12H22N.3C11H21N.2C10H19N.2C9H18N2.C8H16N2/c1-9(2)13-6-10-3-11(7-13)5-12(4-10)8-13;1-9(2)12-7-10-3-4-11(8-12)6-5-10;1-9(2)12-8-10-4-3-5-11(12)7-6-10;1-9(2)12-10-5-3-4-6-11(12)8-7-10;1-8(2)11-7-9-4-3-5-10(11)6-9;1-8(2)11-9-4-3-5-10(11)7-6-9;1-7(2)11-5-8-3-4-9(6-11)10-8;1-7(2)11-8-3-4-9(11)6-10-5-8;1-6(2)10-5-7-3-8(10)4-9-7/h9-12H,3-8H2,1-2H3;3*9-11H,3-8H2,1-2H3;2*8-10H,3-7H2,1-2H3;2*7-10H,3-6H2,1-2H3;6-9H,3-5H2,1-2H3/q+1;;;;;;;;. The molecule has 3 N–H and O–H groups in total. The van der Waals surface area contributed by atoms with E-state index in [0.717, 1.165) is 168 Å². The van der Waals surface area contributed by atoms with E-state index < -0.39 is 0 Å². The first-order valence-electron chi connectivity index (χ1n) is 46.5. The van der Waals surface area contributed by atoms with Gasteiger partial charge < -0.3 is 25.3 Å². The number of rotatable bonds is 9. The van der Waals surface area contributed by atoms with Crippen molar-refractivity contribution in [2.24, 2.45) is 41.4 Å². The highest BCUT2D eigenvalue weighted by Crippen LogP contribution is 2.49. The first kappa shape index (κ1) is 83.5. The minimum Gasteiger partial charge on any atom is -0.321 e. The van der Waals surface area contributed by atoms with Crippen LogP contribution >= 0.6 is 0 Å². The number of hydrogen-bond donors (Lipinski definition) is 3. The van der Waals surface area contributed by atoms with E-state index in [1.54, 1.807) is 19.3 Å². The molecule has 0 radical (unpaired) electrons. The van der Waals surface area contributed by atoms with E-state index in [-0.39, 0.29) is 0 Å². The van der Waals surface area contributed by atoms with Crippen LogP contribution in [0, 0.1) is 41.4 Å². The summed E-state index contributed by atoms with van der Waals surface area (Å²) in [4.78, 5) is 21.6. The largest absolute Gasteiger partial charge is 0.321 e. The fourth-order valence-electron chi connectivity index (χ4n) is 26.4. The molecule has 12 heteroatoms. The van der Waals surface area contributed by atoms with Gasteiger partial charge in [0.25, 0.3) is 0 Å². The zero-order valence-electron chi connectivity index (χ0n) is 71.5. The highest BCUT2D eigenvalue weighted by molar-refractivity contribution is 5.01. The predicted molar refractivity (Wildman–Crippen MR) is 442 cm³/mol. The van der Waals surface area contributed by atoms with Crippen LogP contribution in [-0.4, -0.2) is 256 Å². The summed E-state index contributed by atoms with van der Waals surface area (Å²) in [6.07, 6.45) is 47.3. The predicted octanol–water partition coefficient (Wildman–Crippen LogP) is 17.0. The Morgan fingerprint density at radius 1 is 0.252 bits per heavy atom. The highest BCUT2D eigenvalue weighted by Gasteiger charge is 2.53. The molecule has 4 aliphatic carbocycles. The number of piperazine rings is 3. The third-order valence-corrected chi connectivity index (χ3v) is 31.4. The summed E-state index contributed by atoms with van der Waals surface area (Å²) in [5.74, 6) is 7.47. The lowest BCUT2D eigenvalue weighted by molar-refractivity contribution is -0.972. The Bertz CT molecular complexity index is 2240. The maximum atomic E-state index is 3.63. The Balaban J connectivity index is 0.000000116. The SMILES string of the molecule is CC(C)N1C2CCC1CNC2.CC(C)N1C2CCCC1CC2.CC(C)N1C2CCCCC1CC2.CC(C)N1CC2CC1CN2.CC(C)N1CC2CCC(C1)N2.CC(C)N1CC2CCC(CC2)C1.CC(C)N1CC2CCCC1C2.CC(C)N1CC2CCCC1CC2.CC(C)[N+]12CC3CC(CC(C3)C1)C2. The van der Waals surface area contributed by atoms with E-state index in [1.165, 1.54) is 276 Å². The maximum Gasteiger partial charge on any atom is 0.0833 e. The molecule has 18 aliphatic heterocycles. The van der Waals surface area contributed by atoms with Gasteiger partial charge in [0.15, 0.2) is 0 Å². The van der Waals surface area contributed by atoms with Gasteiger partial charge in [0.1, 0.15) is 0 Å². The van der Waals surface area contributed by atoms with Crippen molar-refractivity contribution in [1.82, 2.24) is 55.1 Å². The molecule has 22 aliphatic rings. The number of quaternary nitrogens is 1. The Labute approximate surface area is 639 Å². The Morgan fingerprint density at radius 2 is 0.621 bits per heavy atom. The van der Waals surface area contributed by atoms with Crippen molar-refractivity contribution in [3.8, 4) is 0 Å². The molecule has 0 spiro atoms. The lowest BCUT2D eigenvalue weighted by Crippen LogP contribution is -2.68. The monoisotopic (exact) mass is 1440 g/mol. The molecule has 0 aromatic heterocycles. The van der Waals surface area contributed by atoms with Gasteiger partial charge in [-0.15, -0.1) is 0 Å². The van der Waals surface area contributed by atoms with Crippen molar-refractivity contribution >= 4 is 0 Å². The highest BCUT2D eigenvalue weighted by atomic mass is 15.4. The lowest BCUT2D eigenvalue weighted by atomic mass is 9.66. The minimum atomic E-state index is 0.736. The zero-order chi connectivity index (χ0) is 73.2. The van der Waals surface area contributed by atoms with Crippen molar-refractivity contribution in [3.05, 3.63) is 0 Å².